The smallest absolute Gasteiger partial charge is 0.130 e. The van der Waals surface area contributed by atoms with Crippen molar-refractivity contribution in [1.82, 2.24) is 4.90 Å². The molecule has 0 spiro atoms. The minimum atomic E-state index is -0.717. The van der Waals surface area contributed by atoms with Gasteiger partial charge in [-0.1, -0.05) is 24.3 Å². The fraction of sp³-hybridized carbons (Fsp3) is 0.400. The van der Waals surface area contributed by atoms with Gasteiger partial charge in [-0.05, 0) is 38.5 Å². The standard InChI is InChI=1S/C20H25F2NO2/c1-14(2)23(11-16-8-9-17(21)10-19(16)22)12-18(24)13-25-20-7-5-4-6-15(20)3/h4-10,14,18,24H,11-13H2,1-3H3/t18-/m0/s1. The highest BCUT2D eigenvalue weighted by Gasteiger charge is 2.18. The van der Waals surface area contributed by atoms with Gasteiger partial charge < -0.3 is 9.84 Å². The van der Waals surface area contributed by atoms with E-state index in [1.807, 2.05) is 49.9 Å². The van der Waals surface area contributed by atoms with Gasteiger partial charge in [0.15, 0.2) is 0 Å². The van der Waals surface area contributed by atoms with E-state index in [1.165, 1.54) is 12.1 Å². The molecule has 136 valence electrons. The molecular weight excluding hydrogens is 324 g/mol. The molecule has 2 aromatic rings. The van der Waals surface area contributed by atoms with Crippen LogP contribution in [0.2, 0.25) is 0 Å². The fourth-order valence-electron chi connectivity index (χ4n) is 2.55. The van der Waals surface area contributed by atoms with Crippen LogP contribution in [0.4, 0.5) is 8.78 Å². The summed E-state index contributed by atoms with van der Waals surface area (Å²) in [5.41, 5.74) is 1.41. The fourth-order valence-corrected chi connectivity index (χ4v) is 2.55. The van der Waals surface area contributed by atoms with Crippen LogP contribution in [0.15, 0.2) is 42.5 Å². The van der Waals surface area contributed by atoms with E-state index >= 15 is 0 Å². The normalized spacial score (nSPS) is 12.6. The van der Waals surface area contributed by atoms with Gasteiger partial charge in [0.25, 0.3) is 0 Å². The molecule has 0 aromatic heterocycles. The van der Waals surface area contributed by atoms with Crippen LogP contribution >= 0.6 is 0 Å². The number of hydrogen-bond donors (Lipinski definition) is 1. The Morgan fingerprint density at radius 1 is 1.12 bits per heavy atom. The van der Waals surface area contributed by atoms with Crippen LogP contribution in [0, 0.1) is 18.6 Å². The lowest BCUT2D eigenvalue weighted by atomic mass is 10.1. The Labute approximate surface area is 147 Å². The third kappa shape index (κ3) is 5.80. The van der Waals surface area contributed by atoms with Crippen molar-refractivity contribution >= 4 is 0 Å². The molecular formula is C20H25F2NO2. The Morgan fingerprint density at radius 2 is 1.84 bits per heavy atom. The van der Waals surface area contributed by atoms with Crippen LogP contribution in [0.1, 0.15) is 25.0 Å². The number of hydrogen-bond acceptors (Lipinski definition) is 3. The third-order valence-corrected chi connectivity index (χ3v) is 4.09. The Bertz CT molecular complexity index is 691. The second-order valence-corrected chi connectivity index (χ2v) is 6.49. The van der Waals surface area contributed by atoms with E-state index in [1.54, 1.807) is 0 Å². The Balaban J connectivity index is 1.95. The van der Waals surface area contributed by atoms with Crippen molar-refractivity contribution in [3.05, 3.63) is 65.2 Å². The average molecular weight is 349 g/mol. The maximum absolute atomic E-state index is 13.9. The van der Waals surface area contributed by atoms with Crippen LogP contribution in [0.25, 0.3) is 0 Å². The van der Waals surface area contributed by atoms with Gasteiger partial charge in [-0.25, -0.2) is 8.78 Å². The van der Waals surface area contributed by atoms with Gasteiger partial charge >= 0.3 is 0 Å². The van der Waals surface area contributed by atoms with Gasteiger partial charge in [0, 0.05) is 30.8 Å². The summed E-state index contributed by atoms with van der Waals surface area (Å²) in [5, 5.41) is 10.3. The first kappa shape index (κ1) is 19.3. The number of halogens is 2. The van der Waals surface area contributed by atoms with Gasteiger partial charge in [-0.15, -0.1) is 0 Å². The predicted octanol–water partition coefficient (Wildman–Crippen LogP) is 3.92. The molecule has 0 heterocycles. The zero-order valence-electron chi connectivity index (χ0n) is 14.9. The summed E-state index contributed by atoms with van der Waals surface area (Å²) in [6, 6.07) is 11.3. The monoisotopic (exact) mass is 349 g/mol. The molecule has 0 saturated carbocycles. The number of rotatable bonds is 8. The summed E-state index contributed by atoms with van der Waals surface area (Å²) < 4.78 is 32.6. The number of aryl methyl sites for hydroxylation is 1. The Morgan fingerprint density at radius 3 is 2.48 bits per heavy atom. The van der Waals surface area contributed by atoms with E-state index in [2.05, 4.69) is 0 Å². The van der Waals surface area contributed by atoms with E-state index in [0.29, 0.717) is 18.7 Å². The van der Waals surface area contributed by atoms with Crippen molar-refractivity contribution in [1.29, 1.82) is 0 Å². The van der Waals surface area contributed by atoms with E-state index in [-0.39, 0.29) is 12.6 Å². The highest BCUT2D eigenvalue weighted by atomic mass is 19.1. The maximum Gasteiger partial charge on any atom is 0.130 e. The molecule has 0 radical (unpaired) electrons. The van der Waals surface area contributed by atoms with Crippen molar-refractivity contribution in [3.8, 4) is 5.75 Å². The van der Waals surface area contributed by atoms with Crippen molar-refractivity contribution in [3.63, 3.8) is 0 Å². The molecule has 0 aliphatic carbocycles. The molecule has 0 unspecified atom stereocenters. The molecule has 3 nitrogen and oxygen atoms in total. The summed E-state index contributed by atoms with van der Waals surface area (Å²) >= 11 is 0. The van der Waals surface area contributed by atoms with Crippen molar-refractivity contribution in [2.45, 2.75) is 39.5 Å². The number of para-hydroxylation sites is 1. The lowest BCUT2D eigenvalue weighted by Crippen LogP contribution is -2.39. The maximum atomic E-state index is 13.9. The van der Waals surface area contributed by atoms with Crippen molar-refractivity contribution < 1.29 is 18.6 Å². The largest absolute Gasteiger partial charge is 0.491 e. The zero-order valence-corrected chi connectivity index (χ0v) is 14.9. The topological polar surface area (TPSA) is 32.7 Å². The second kappa shape index (κ2) is 8.92. The number of aliphatic hydroxyl groups is 1. The number of benzene rings is 2. The van der Waals surface area contributed by atoms with Gasteiger partial charge in [-0.2, -0.15) is 0 Å². The predicted molar refractivity (Wildman–Crippen MR) is 94.6 cm³/mol. The molecule has 1 atom stereocenters. The first-order valence-corrected chi connectivity index (χ1v) is 8.41. The minimum absolute atomic E-state index is 0.0950. The molecule has 0 amide bonds. The summed E-state index contributed by atoms with van der Waals surface area (Å²) in [5.74, 6) is -0.428. The number of aliphatic hydroxyl groups excluding tert-OH is 1. The molecule has 0 fully saturated rings. The van der Waals surface area contributed by atoms with Crippen LogP contribution in [0.5, 0.6) is 5.75 Å². The average Bonchev–Trinajstić information content (AvgIpc) is 2.55. The van der Waals surface area contributed by atoms with Crippen molar-refractivity contribution in [2.24, 2.45) is 0 Å². The zero-order chi connectivity index (χ0) is 18.4. The SMILES string of the molecule is Cc1ccccc1OC[C@@H](O)CN(Cc1ccc(F)cc1F)C(C)C. The summed E-state index contributed by atoms with van der Waals surface area (Å²) in [7, 11) is 0. The summed E-state index contributed by atoms with van der Waals surface area (Å²) in [6.45, 7) is 6.66. The first-order chi connectivity index (χ1) is 11.9. The van der Waals surface area contributed by atoms with E-state index in [0.717, 1.165) is 17.4 Å². The number of ether oxygens (including phenoxy) is 1. The van der Waals surface area contributed by atoms with E-state index < -0.39 is 17.7 Å². The van der Waals surface area contributed by atoms with Crippen LogP contribution in [0.3, 0.4) is 0 Å². The molecule has 2 rings (SSSR count). The minimum Gasteiger partial charge on any atom is -0.491 e. The van der Waals surface area contributed by atoms with Gasteiger partial charge in [0.1, 0.15) is 30.1 Å². The lowest BCUT2D eigenvalue weighted by molar-refractivity contribution is 0.0537. The van der Waals surface area contributed by atoms with Gasteiger partial charge in [0.05, 0.1) is 0 Å². The molecule has 1 N–H and O–H groups in total. The third-order valence-electron chi connectivity index (χ3n) is 4.09. The van der Waals surface area contributed by atoms with Crippen molar-refractivity contribution in [2.75, 3.05) is 13.2 Å². The Hall–Kier alpha value is -1.98. The lowest BCUT2D eigenvalue weighted by Gasteiger charge is -2.29. The highest BCUT2D eigenvalue weighted by Crippen LogP contribution is 2.17. The molecule has 0 bridgehead atoms. The van der Waals surface area contributed by atoms with Crippen LogP contribution in [-0.2, 0) is 6.54 Å². The van der Waals surface area contributed by atoms with E-state index in [9.17, 15) is 13.9 Å². The molecule has 0 aliphatic heterocycles. The molecule has 5 heteroatoms. The molecule has 0 aliphatic rings. The summed E-state index contributed by atoms with van der Waals surface area (Å²) in [4.78, 5) is 1.93. The van der Waals surface area contributed by atoms with Crippen LogP contribution in [-0.4, -0.2) is 35.3 Å². The van der Waals surface area contributed by atoms with Gasteiger partial charge in [-0.3, -0.25) is 4.90 Å². The van der Waals surface area contributed by atoms with Crippen LogP contribution < -0.4 is 4.74 Å². The quantitative estimate of drug-likeness (QED) is 0.784. The second-order valence-electron chi connectivity index (χ2n) is 6.49. The molecule has 0 saturated heterocycles. The first-order valence-electron chi connectivity index (χ1n) is 8.41. The molecule has 2 aromatic carbocycles. The van der Waals surface area contributed by atoms with E-state index in [4.69, 9.17) is 4.74 Å². The summed E-state index contributed by atoms with van der Waals surface area (Å²) in [6.07, 6.45) is -0.717. The Kier molecular flexibility index (Phi) is 6.91. The highest BCUT2D eigenvalue weighted by molar-refractivity contribution is 5.31. The van der Waals surface area contributed by atoms with Gasteiger partial charge in [0.2, 0.25) is 0 Å². The molecule has 25 heavy (non-hydrogen) atoms. The number of nitrogens with zero attached hydrogens (tertiary/aromatic N) is 1.